The monoisotopic (exact) mass is 214 g/mol. The number of fused-ring (bicyclic) bond motifs is 5. The van der Waals surface area contributed by atoms with Crippen molar-refractivity contribution in [3.8, 4) is 11.1 Å². The van der Waals surface area contributed by atoms with Gasteiger partial charge in [0, 0.05) is 0 Å². The fraction of sp³-hybridized carbons (Fsp3) is 0.0588. The quantitative estimate of drug-likeness (QED) is 0.538. The maximum absolute atomic E-state index is 2.35. The molecule has 2 aliphatic carbocycles. The van der Waals surface area contributed by atoms with Crippen molar-refractivity contribution in [1.82, 2.24) is 0 Å². The highest BCUT2D eigenvalue weighted by molar-refractivity contribution is 5.98. The van der Waals surface area contributed by atoms with E-state index in [-0.39, 0.29) is 0 Å². The van der Waals surface area contributed by atoms with Gasteiger partial charge in [0.15, 0.2) is 0 Å². The van der Waals surface area contributed by atoms with E-state index in [2.05, 4.69) is 48.5 Å². The van der Waals surface area contributed by atoms with Crippen LogP contribution in [0, 0.1) is 0 Å². The van der Waals surface area contributed by atoms with Crippen molar-refractivity contribution in [2.45, 2.75) is 6.42 Å². The molecular formula is C17H10. The molecule has 3 bridgehead atoms. The predicted molar refractivity (Wildman–Crippen MR) is 70.8 cm³/mol. The van der Waals surface area contributed by atoms with E-state index >= 15 is 0 Å². The molecule has 0 heterocycles. The molecule has 2 aliphatic rings. The third-order valence-electron chi connectivity index (χ3n) is 4.11. The number of rotatable bonds is 0. The van der Waals surface area contributed by atoms with Crippen LogP contribution >= 0.6 is 0 Å². The molecule has 0 amide bonds. The SMILES string of the molecule is c1ccc2c(c1)C1=c3c-2cc2cc(cc3c2)C1. The van der Waals surface area contributed by atoms with Crippen LogP contribution in [0.15, 0.2) is 48.5 Å². The zero-order chi connectivity index (χ0) is 11.0. The maximum Gasteiger partial charge on any atom is -0.00128 e. The summed E-state index contributed by atoms with van der Waals surface area (Å²) < 4.78 is 0. The summed E-state index contributed by atoms with van der Waals surface area (Å²) in [6, 6.07) is 18.1. The average Bonchev–Trinajstić information content (AvgIpc) is 2.66. The molecule has 3 aromatic rings. The summed E-state index contributed by atoms with van der Waals surface area (Å²) >= 11 is 0. The Labute approximate surface area is 99.2 Å². The molecule has 0 radical (unpaired) electrons. The molecule has 0 N–H and O–H groups in total. The van der Waals surface area contributed by atoms with Crippen LogP contribution < -0.4 is 5.22 Å². The molecule has 0 aliphatic heterocycles. The Morgan fingerprint density at radius 3 is 2.59 bits per heavy atom. The largest absolute Gasteiger partial charge is 0.0616 e. The van der Waals surface area contributed by atoms with Crippen LogP contribution in [0.2, 0.25) is 0 Å². The van der Waals surface area contributed by atoms with Crippen molar-refractivity contribution in [3.63, 3.8) is 0 Å². The molecule has 0 unspecified atom stereocenters. The highest BCUT2D eigenvalue weighted by Crippen LogP contribution is 2.38. The van der Waals surface area contributed by atoms with Gasteiger partial charge in [-0.25, -0.2) is 0 Å². The number of hydrogen-bond acceptors (Lipinski definition) is 0. The van der Waals surface area contributed by atoms with E-state index in [0.29, 0.717) is 0 Å². The van der Waals surface area contributed by atoms with Gasteiger partial charge in [-0.1, -0.05) is 36.4 Å². The fourth-order valence-electron chi connectivity index (χ4n) is 3.50. The lowest BCUT2D eigenvalue weighted by molar-refractivity contribution is 1.27. The highest BCUT2D eigenvalue weighted by atomic mass is 14.3. The molecule has 78 valence electrons. The van der Waals surface area contributed by atoms with Crippen molar-refractivity contribution in [3.05, 3.63) is 64.9 Å². The standard InChI is InChI=1S/C17H10/c1-2-4-14-13(3-1)15-8-10-5-11-7-12(6-10)17(15)16(14)9-11/h1-8H,9H2. The van der Waals surface area contributed by atoms with Gasteiger partial charge in [-0.3, -0.25) is 0 Å². The van der Waals surface area contributed by atoms with Gasteiger partial charge in [0.05, 0.1) is 0 Å². The average molecular weight is 214 g/mol. The normalized spacial score (nSPS) is 14.7. The predicted octanol–water partition coefficient (Wildman–Crippen LogP) is 3.29. The Bertz CT molecular complexity index is 853. The Morgan fingerprint density at radius 1 is 0.765 bits per heavy atom. The maximum atomic E-state index is 2.35. The van der Waals surface area contributed by atoms with Gasteiger partial charge in [-0.2, -0.15) is 0 Å². The molecular weight excluding hydrogens is 204 g/mol. The summed E-state index contributed by atoms with van der Waals surface area (Å²) in [5, 5.41) is 4.28. The van der Waals surface area contributed by atoms with Gasteiger partial charge in [0.25, 0.3) is 0 Å². The van der Waals surface area contributed by atoms with Gasteiger partial charge in [0.2, 0.25) is 0 Å². The van der Waals surface area contributed by atoms with Crippen LogP contribution in [0.1, 0.15) is 11.1 Å². The first-order valence-corrected chi connectivity index (χ1v) is 6.09. The lowest BCUT2D eigenvalue weighted by atomic mass is 9.91. The minimum atomic E-state index is 1.10. The second-order valence-corrected chi connectivity index (χ2v) is 5.10. The Morgan fingerprint density at radius 2 is 1.65 bits per heavy atom. The Kier molecular flexibility index (Phi) is 1.15. The first-order valence-electron chi connectivity index (χ1n) is 6.09. The zero-order valence-electron chi connectivity index (χ0n) is 9.33. The van der Waals surface area contributed by atoms with E-state index < -0.39 is 0 Å². The van der Waals surface area contributed by atoms with E-state index in [0.717, 1.165) is 6.42 Å². The molecule has 3 aromatic carbocycles. The molecule has 5 rings (SSSR count). The minimum absolute atomic E-state index is 1.10. The molecule has 0 heteroatoms. The lowest BCUT2D eigenvalue weighted by Gasteiger charge is -2.13. The summed E-state index contributed by atoms with van der Waals surface area (Å²) in [6.07, 6.45) is 1.10. The van der Waals surface area contributed by atoms with E-state index in [4.69, 9.17) is 0 Å². The van der Waals surface area contributed by atoms with Crippen LogP contribution in [0.3, 0.4) is 0 Å². The molecule has 0 atom stereocenters. The summed E-state index contributed by atoms with van der Waals surface area (Å²) in [5.74, 6) is 0. The lowest BCUT2D eigenvalue weighted by Crippen LogP contribution is -2.12. The van der Waals surface area contributed by atoms with Crippen LogP contribution in [0.25, 0.3) is 27.5 Å². The van der Waals surface area contributed by atoms with Gasteiger partial charge >= 0.3 is 0 Å². The molecule has 0 saturated heterocycles. The molecule has 17 heavy (non-hydrogen) atoms. The Hall–Kier alpha value is -2.08. The summed E-state index contributed by atoms with van der Waals surface area (Å²) in [6.45, 7) is 0. The van der Waals surface area contributed by atoms with Crippen molar-refractivity contribution >= 4 is 16.3 Å². The van der Waals surface area contributed by atoms with Gasteiger partial charge in [-0.15, -0.1) is 0 Å². The summed E-state index contributed by atoms with van der Waals surface area (Å²) in [4.78, 5) is 0. The number of hydrogen-bond donors (Lipinski definition) is 0. The smallest absolute Gasteiger partial charge is 0.00128 e. The first kappa shape index (κ1) is 8.08. The molecule has 0 nitrogen and oxygen atoms in total. The highest BCUT2D eigenvalue weighted by Gasteiger charge is 2.24. The van der Waals surface area contributed by atoms with Gasteiger partial charge in [-0.05, 0) is 62.4 Å². The molecule has 0 spiro atoms. The van der Waals surface area contributed by atoms with E-state index in [1.54, 1.807) is 0 Å². The van der Waals surface area contributed by atoms with Crippen LogP contribution in [-0.4, -0.2) is 0 Å². The molecule has 0 saturated carbocycles. The summed E-state index contributed by atoms with van der Waals surface area (Å²) in [7, 11) is 0. The third-order valence-corrected chi connectivity index (χ3v) is 4.11. The van der Waals surface area contributed by atoms with Gasteiger partial charge in [0.1, 0.15) is 0 Å². The van der Waals surface area contributed by atoms with Crippen LogP contribution in [0.4, 0.5) is 0 Å². The van der Waals surface area contributed by atoms with Crippen LogP contribution in [-0.2, 0) is 6.42 Å². The van der Waals surface area contributed by atoms with Crippen molar-refractivity contribution in [2.24, 2.45) is 0 Å². The Balaban J connectivity index is 2.14. The summed E-state index contributed by atoms with van der Waals surface area (Å²) in [5.41, 5.74) is 7.30. The second kappa shape index (κ2) is 2.43. The molecule has 0 aromatic heterocycles. The fourth-order valence-corrected chi connectivity index (χ4v) is 3.50. The van der Waals surface area contributed by atoms with Crippen LogP contribution in [0.5, 0.6) is 0 Å². The number of benzene rings is 3. The topological polar surface area (TPSA) is 0 Å². The van der Waals surface area contributed by atoms with Gasteiger partial charge < -0.3 is 0 Å². The molecule has 0 fully saturated rings. The van der Waals surface area contributed by atoms with E-state index in [1.807, 2.05) is 0 Å². The minimum Gasteiger partial charge on any atom is -0.0616 e. The second-order valence-electron chi connectivity index (χ2n) is 5.10. The zero-order valence-corrected chi connectivity index (χ0v) is 9.33. The van der Waals surface area contributed by atoms with E-state index in [1.165, 1.54) is 43.8 Å². The third kappa shape index (κ3) is 0.826. The van der Waals surface area contributed by atoms with Crippen molar-refractivity contribution < 1.29 is 0 Å². The first-order chi connectivity index (χ1) is 8.40. The van der Waals surface area contributed by atoms with Crippen molar-refractivity contribution in [1.29, 1.82) is 0 Å². The van der Waals surface area contributed by atoms with Crippen molar-refractivity contribution in [2.75, 3.05) is 0 Å². The van der Waals surface area contributed by atoms with E-state index in [9.17, 15) is 0 Å².